The van der Waals surface area contributed by atoms with Crippen molar-refractivity contribution in [2.45, 2.75) is 31.1 Å². The molecule has 25 heavy (non-hydrogen) atoms. The lowest BCUT2D eigenvalue weighted by Gasteiger charge is -2.11. The Kier molecular flexibility index (Phi) is 5.71. The van der Waals surface area contributed by atoms with Gasteiger partial charge in [-0.25, -0.2) is 0 Å². The maximum atomic E-state index is 12.3. The van der Waals surface area contributed by atoms with Gasteiger partial charge in [-0.2, -0.15) is 0 Å². The second-order valence-electron chi connectivity index (χ2n) is 5.91. The van der Waals surface area contributed by atoms with E-state index in [1.54, 1.807) is 6.07 Å². The molecule has 0 aliphatic heterocycles. The number of rotatable bonds is 6. The third kappa shape index (κ3) is 4.02. The summed E-state index contributed by atoms with van der Waals surface area (Å²) in [5.74, 6) is 0.837. The monoisotopic (exact) mass is 373 g/mol. The number of thioether (sulfide) groups is 1. The summed E-state index contributed by atoms with van der Waals surface area (Å²) in [7, 11) is 0. The van der Waals surface area contributed by atoms with Gasteiger partial charge in [0.05, 0.1) is 5.52 Å². The maximum absolute atomic E-state index is 12.3. The van der Waals surface area contributed by atoms with Gasteiger partial charge in [-0.15, -0.1) is 11.8 Å². The van der Waals surface area contributed by atoms with E-state index in [0.717, 1.165) is 30.6 Å². The maximum Gasteiger partial charge on any atom is 0.265 e. The molecule has 0 amide bonds. The summed E-state index contributed by atoms with van der Waals surface area (Å²) in [6.45, 7) is 2.00. The van der Waals surface area contributed by atoms with Crippen LogP contribution in [0, 0.1) is 0 Å². The molecule has 0 radical (unpaired) electrons. The Morgan fingerprint density at radius 1 is 1.20 bits per heavy atom. The second-order valence-corrected chi connectivity index (χ2v) is 7.45. The number of halogens is 1. The Morgan fingerprint density at radius 2 is 1.96 bits per heavy atom. The van der Waals surface area contributed by atoms with Gasteiger partial charge in [-0.3, -0.25) is 4.79 Å². The molecule has 0 spiro atoms. The molecule has 1 aromatic heterocycles. The second kappa shape index (κ2) is 7.98. The van der Waals surface area contributed by atoms with E-state index in [-0.39, 0.29) is 11.3 Å². The van der Waals surface area contributed by atoms with Crippen LogP contribution >= 0.6 is 23.4 Å². The molecular formula is C20H20ClNO2S. The fourth-order valence-electron chi connectivity index (χ4n) is 2.95. The molecule has 3 aromatic rings. The molecular weight excluding hydrogens is 354 g/mol. The molecule has 0 saturated heterocycles. The van der Waals surface area contributed by atoms with E-state index in [2.05, 4.69) is 17.1 Å². The molecule has 2 N–H and O–H groups in total. The highest BCUT2D eigenvalue weighted by atomic mass is 35.5. The van der Waals surface area contributed by atoms with Crippen LogP contribution < -0.4 is 5.56 Å². The average Bonchev–Trinajstić information content (AvgIpc) is 2.60. The lowest BCUT2D eigenvalue weighted by molar-refractivity contribution is 0.466. The highest BCUT2D eigenvalue weighted by Crippen LogP contribution is 2.35. The minimum absolute atomic E-state index is 0.0666. The SMILES string of the molecule is CCc1cc(Cl)cc2[nH]c(=O)c(SCCCc3ccccc3)c(O)c12. The summed E-state index contributed by atoms with van der Waals surface area (Å²) in [4.78, 5) is 15.6. The van der Waals surface area contributed by atoms with Crippen LogP contribution in [0.4, 0.5) is 0 Å². The van der Waals surface area contributed by atoms with Crippen molar-refractivity contribution in [3.8, 4) is 5.75 Å². The highest BCUT2D eigenvalue weighted by molar-refractivity contribution is 7.99. The summed E-state index contributed by atoms with van der Waals surface area (Å²) in [6, 6.07) is 13.8. The molecule has 3 rings (SSSR count). The Hall–Kier alpha value is -1.91. The number of fused-ring (bicyclic) bond motifs is 1. The van der Waals surface area contributed by atoms with E-state index >= 15 is 0 Å². The first-order valence-corrected chi connectivity index (χ1v) is 9.70. The summed E-state index contributed by atoms with van der Waals surface area (Å²) in [6.07, 6.45) is 2.62. The number of hydrogen-bond donors (Lipinski definition) is 2. The number of aromatic nitrogens is 1. The van der Waals surface area contributed by atoms with Crippen molar-refractivity contribution < 1.29 is 5.11 Å². The normalized spacial score (nSPS) is 11.1. The van der Waals surface area contributed by atoms with Crippen molar-refractivity contribution in [2.24, 2.45) is 0 Å². The third-order valence-electron chi connectivity index (χ3n) is 4.17. The molecule has 3 nitrogen and oxygen atoms in total. The predicted octanol–water partition coefficient (Wildman–Crippen LogP) is 5.17. The number of hydrogen-bond acceptors (Lipinski definition) is 3. The number of H-pyrrole nitrogens is 1. The molecule has 0 saturated carbocycles. The molecule has 0 aliphatic rings. The fraction of sp³-hybridized carbons (Fsp3) is 0.250. The highest BCUT2D eigenvalue weighted by Gasteiger charge is 2.15. The van der Waals surface area contributed by atoms with E-state index in [1.807, 2.05) is 31.2 Å². The van der Waals surface area contributed by atoms with Gasteiger partial charge in [0.2, 0.25) is 0 Å². The number of nitrogens with one attached hydrogen (secondary N) is 1. The number of aromatic amines is 1. The minimum atomic E-state index is -0.265. The summed E-state index contributed by atoms with van der Waals surface area (Å²) >= 11 is 7.50. The molecule has 0 fully saturated rings. The molecule has 0 aliphatic carbocycles. The number of aromatic hydroxyl groups is 1. The van der Waals surface area contributed by atoms with E-state index in [9.17, 15) is 9.90 Å². The van der Waals surface area contributed by atoms with Crippen molar-refractivity contribution >= 4 is 34.3 Å². The topological polar surface area (TPSA) is 53.1 Å². The van der Waals surface area contributed by atoms with Crippen molar-refractivity contribution in [1.82, 2.24) is 4.98 Å². The minimum Gasteiger partial charge on any atom is -0.506 e. The zero-order valence-corrected chi connectivity index (χ0v) is 15.6. The summed E-state index contributed by atoms with van der Waals surface area (Å²) in [5.41, 5.74) is 2.53. The van der Waals surface area contributed by atoms with Gasteiger partial charge in [0.25, 0.3) is 5.56 Å². The Bertz CT molecular complexity index is 938. The van der Waals surface area contributed by atoms with Gasteiger partial charge in [0.15, 0.2) is 0 Å². The zero-order chi connectivity index (χ0) is 17.8. The lowest BCUT2D eigenvalue weighted by Crippen LogP contribution is -2.10. The molecule has 1 heterocycles. The number of benzene rings is 2. The van der Waals surface area contributed by atoms with E-state index < -0.39 is 0 Å². The first kappa shape index (κ1) is 17.9. The quantitative estimate of drug-likeness (QED) is 0.462. The molecule has 0 bridgehead atoms. The van der Waals surface area contributed by atoms with Crippen LogP contribution in [0.2, 0.25) is 5.02 Å². The van der Waals surface area contributed by atoms with Crippen molar-refractivity contribution in [1.29, 1.82) is 0 Å². The predicted molar refractivity (Wildman–Crippen MR) is 106 cm³/mol. The summed E-state index contributed by atoms with van der Waals surface area (Å²) < 4.78 is 0. The van der Waals surface area contributed by atoms with E-state index in [1.165, 1.54) is 17.3 Å². The Morgan fingerprint density at radius 3 is 2.68 bits per heavy atom. The van der Waals surface area contributed by atoms with Gasteiger partial charge in [0.1, 0.15) is 10.6 Å². The van der Waals surface area contributed by atoms with Crippen LogP contribution in [0.1, 0.15) is 24.5 Å². The standard InChI is InChI=1S/C20H20ClNO2S/c1-2-14-11-15(21)12-16-17(14)18(23)19(20(24)22-16)25-10-6-9-13-7-4-3-5-8-13/h3-5,7-8,11-12H,2,6,9-10H2,1H3,(H2,22,23,24). The van der Waals surface area contributed by atoms with Gasteiger partial charge in [-0.1, -0.05) is 48.9 Å². The van der Waals surface area contributed by atoms with Crippen LogP contribution in [0.25, 0.3) is 10.9 Å². The number of pyridine rings is 1. The molecule has 130 valence electrons. The Balaban J connectivity index is 1.81. The van der Waals surface area contributed by atoms with Crippen molar-refractivity contribution in [2.75, 3.05) is 5.75 Å². The van der Waals surface area contributed by atoms with Crippen LogP contribution in [-0.4, -0.2) is 15.8 Å². The zero-order valence-electron chi connectivity index (χ0n) is 14.0. The van der Waals surface area contributed by atoms with Crippen LogP contribution in [0.5, 0.6) is 5.75 Å². The van der Waals surface area contributed by atoms with Crippen molar-refractivity contribution in [3.63, 3.8) is 0 Å². The van der Waals surface area contributed by atoms with Crippen molar-refractivity contribution in [3.05, 3.63) is 69.0 Å². The van der Waals surface area contributed by atoms with Crippen LogP contribution in [0.3, 0.4) is 0 Å². The molecule has 2 aromatic carbocycles. The van der Waals surface area contributed by atoms with Gasteiger partial charge >= 0.3 is 0 Å². The van der Waals surface area contributed by atoms with E-state index in [4.69, 9.17) is 11.6 Å². The largest absolute Gasteiger partial charge is 0.506 e. The van der Waals surface area contributed by atoms with E-state index in [0.29, 0.717) is 20.8 Å². The lowest BCUT2D eigenvalue weighted by atomic mass is 10.1. The molecule has 5 heteroatoms. The number of aryl methyl sites for hydroxylation is 2. The average molecular weight is 374 g/mol. The smallest absolute Gasteiger partial charge is 0.265 e. The summed E-state index contributed by atoms with van der Waals surface area (Å²) in [5, 5.41) is 11.9. The van der Waals surface area contributed by atoms with Gasteiger partial charge in [-0.05, 0) is 48.3 Å². The molecule has 0 unspecified atom stereocenters. The molecule has 0 atom stereocenters. The van der Waals surface area contributed by atoms with Crippen LogP contribution in [-0.2, 0) is 12.8 Å². The fourth-order valence-corrected chi connectivity index (χ4v) is 4.10. The van der Waals surface area contributed by atoms with Gasteiger partial charge < -0.3 is 10.1 Å². The third-order valence-corrected chi connectivity index (χ3v) is 5.55. The van der Waals surface area contributed by atoms with Gasteiger partial charge in [0, 0.05) is 10.4 Å². The Labute approximate surface area is 156 Å². The van der Waals surface area contributed by atoms with Crippen LogP contribution in [0.15, 0.2) is 52.2 Å². The first-order valence-electron chi connectivity index (χ1n) is 8.34. The first-order chi connectivity index (χ1) is 12.1.